The van der Waals surface area contributed by atoms with Crippen LogP contribution in [-0.4, -0.2) is 6.03 Å². The molecule has 0 aliphatic heterocycles. The van der Waals surface area contributed by atoms with Gasteiger partial charge >= 0.3 is 6.03 Å². The summed E-state index contributed by atoms with van der Waals surface area (Å²) < 4.78 is 0. The molecule has 20 heavy (non-hydrogen) atoms. The predicted molar refractivity (Wildman–Crippen MR) is 82.9 cm³/mol. The second-order valence-corrected chi connectivity index (χ2v) is 4.89. The van der Waals surface area contributed by atoms with Gasteiger partial charge in [0.05, 0.1) is 10.7 Å². The van der Waals surface area contributed by atoms with Crippen molar-refractivity contribution in [3.8, 4) is 0 Å². The first kappa shape index (κ1) is 14.2. The van der Waals surface area contributed by atoms with Crippen molar-refractivity contribution in [3.05, 3.63) is 58.6 Å². The minimum absolute atomic E-state index is 0.280. The van der Waals surface area contributed by atoms with Crippen LogP contribution in [0.25, 0.3) is 0 Å². The fourth-order valence-corrected chi connectivity index (χ4v) is 1.95. The van der Waals surface area contributed by atoms with E-state index in [4.69, 9.17) is 17.3 Å². The molecule has 0 aliphatic rings. The van der Waals surface area contributed by atoms with E-state index in [0.29, 0.717) is 22.9 Å². The Balaban J connectivity index is 1.97. The molecule has 2 amide bonds. The molecule has 4 nitrogen and oxygen atoms in total. The summed E-state index contributed by atoms with van der Waals surface area (Å²) in [6, 6.07) is 12.8. The fourth-order valence-electron chi connectivity index (χ4n) is 1.78. The van der Waals surface area contributed by atoms with E-state index in [1.54, 1.807) is 12.1 Å². The molecule has 2 aromatic carbocycles. The van der Waals surface area contributed by atoms with Gasteiger partial charge in [-0.15, -0.1) is 0 Å². The maximum absolute atomic E-state index is 11.8. The monoisotopic (exact) mass is 289 g/mol. The van der Waals surface area contributed by atoms with Gasteiger partial charge in [-0.2, -0.15) is 0 Å². The third-order valence-corrected chi connectivity index (χ3v) is 3.22. The zero-order valence-corrected chi connectivity index (χ0v) is 11.9. The number of hydrogen-bond acceptors (Lipinski definition) is 2. The normalized spacial score (nSPS) is 10.1. The number of halogens is 1. The van der Waals surface area contributed by atoms with Gasteiger partial charge in [-0.05, 0) is 30.2 Å². The number of nitrogens with two attached hydrogens (primary N) is 1. The molecule has 4 N–H and O–H groups in total. The third-order valence-electron chi connectivity index (χ3n) is 2.89. The van der Waals surface area contributed by atoms with Crippen LogP contribution in [0.5, 0.6) is 0 Å². The zero-order valence-electron chi connectivity index (χ0n) is 11.1. The van der Waals surface area contributed by atoms with E-state index >= 15 is 0 Å². The Bertz CT molecular complexity index is 614. The van der Waals surface area contributed by atoms with Gasteiger partial charge in [0.1, 0.15) is 0 Å². The number of amides is 2. The lowest BCUT2D eigenvalue weighted by Crippen LogP contribution is -2.28. The number of hydrogen-bond donors (Lipinski definition) is 3. The van der Waals surface area contributed by atoms with Crippen molar-refractivity contribution in [2.75, 3.05) is 11.1 Å². The highest BCUT2D eigenvalue weighted by Crippen LogP contribution is 2.26. The number of nitrogens with one attached hydrogen (secondary N) is 2. The molecular formula is C15H16ClN3O. The van der Waals surface area contributed by atoms with Crippen molar-refractivity contribution in [3.63, 3.8) is 0 Å². The minimum Gasteiger partial charge on any atom is -0.398 e. The van der Waals surface area contributed by atoms with E-state index in [2.05, 4.69) is 10.6 Å². The van der Waals surface area contributed by atoms with Crippen LogP contribution in [-0.2, 0) is 6.54 Å². The van der Waals surface area contributed by atoms with E-state index in [1.165, 1.54) is 0 Å². The number of aryl methyl sites for hydroxylation is 1. The molecule has 0 spiro atoms. The predicted octanol–water partition coefficient (Wildman–Crippen LogP) is 3.55. The quantitative estimate of drug-likeness (QED) is 0.756. The highest BCUT2D eigenvalue weighted by Gasteiger charge is 2.07. The van der Waals surface area contributed by atoms with Crippen LogP contribution in [0.1, 0.15) is 11.1 Å². The number of rotatable bonds is 3. The first-order chi connectivity index (χ1) is 9.56. The number of carbonyl (C=O) groups excluding carboxylic acids is 1. The van der Waals surface area contributed by atoms with Crippen LogP contribution in [0.15, 0.2) is 42.5 Å². The number of benzene rings is 2. The lowest BCUT2D eigenvalue weighted by molar-refractivity contribution is 0.251. The Labute approximate surface area is 122 Å². The van der Waals surface area contributed by atoms with Crippen molar-refractivity contribution in [1.82, 2.24) is 5.32 Å². The summed E-state index contributed by atoms with van der Waals surface area (Å²) in [7, 11) is 0. The average molecular weight is 290 g/mol. The zero-order chi connectivity index (χ0) is 14.5. The van der Waals surface area contributed by atoms with Crippen molar-refractivity contribution in [2.24, 2.45) is 0 Å². The van der Waals surface area contributed by atoms with Crippen LogP contribution >= 0.6 is 11.6 Å². The van der Waals surface area contributed by atoms with Gasteiger partial charge < -0.3 is 16.4 Å². The van der Waals surface area contributed by atoms with Crippen molar-refractivity contribution >= 4 is 29.0 Å². The molecule has 2 aromatic rings. The molecule has 0 bridgehead atoms. The van der Waals surface area contributed by atoms with Crippen LogP contribution < -0.4 is 16.4 Å². The molecule has 104 valence electrons. The first-order valence-corrected chi connectivity index (χ1v) is 6.58. The van der Waals surface area contributed by atoms with E-state index in [0.717, 1.165) is 11.1 Å². The Morgan fingerprint density at radius 3 is 2.65 bits per heavy atom. The maximum atomic E-state index is 11.8. The van der Waals surface area contributed by atoms with E-state index in [9.17, 15) is 4.79 Å². The van der Waals surface area contributed by atoms with Gasteiger partial charge in [-0.25, -0.2) is 4.79 Å². The van der Waals surface area contributed by atoms with Gasteiger partial charge in [-0.1, -0.05) is 41.9 Å². The summed E-state index contributed by atoms with van der Waals surface area (Å²) in [5.74, 6) is 0. The van der Waals surface area contributed by atoms with E-state index in [1.807, 2.05) is 37.3 Å². The maximum Gasteiger partial charge on any atom is 0.319 e. The standard InChI is InChI=1S/C15H16ClN3O/c1-10-7-13(17)12(16)8-14(10)19-15(20)18-9-11-5-3-2-4-6-11/h2-8H,9,17H2,1H3,(H2,18,19,20). The molecule has 0 aromatic heterocycles. The molecule has 0 saturated heterocycles. The van der Waals surface area contributed by atoms with Crippen molar-refractivity contribution < 1.29 is 4.79 Å². The van der Waals surface area contributed by atoms with Gasteiger partial charge in [0.2, 0.25) is 0 Å². The van der Waals surface area contributed by atoms with Gasteiger partial charge in [0.15, 0.2) is 0 Å². The molecule has 0 radical (unpaired) electrons. The molecule has 0 aliphatic carbocycles. The van der Waals surface area contributed by atoms with Gasteiger partial charge in [0.25, 0.3) is 0 Å². The summed E-state index contributed by atoms with van der Waals surface area (Å²) in [6.45, 7) is 2.33. The Morgan fingerprint density at radius 2 is 1.95 bits per heavy atom. The first-order valence-electron chi connectivity index (χ1n) is 6.20. The molecule has 0 fully saturated rings. The number of nitrogen functional groups attached to an aromatic ring is 1. The van der Waals surface area contributed by atoms with E-state index in [-0.39, 0.29) is 6.03 Å². The van der Waals surface area contributed by atoms with Crippen LogP contribution in [0, 0.1) is 6.92 Å². The second kappa shape index (κ2) is 6.30. The SMILES string of the molecule is Cc1cc(N)c(Cl)cc1NC(=O)NCc1ccccc1. The summed E-state index contributed by atoms with van der Waals surface area (Å²) in [4.78, 5) is 11.8. The van der Waals surface area contributed by atoms with Crippen molar-refractivity contribution in [1.29, 1.82) is 0 Å². The van der Waals surface area contributed by atoms with Crippen LogP contribution in [0.2, 0.25) is 5.02 Å². The summed E-state index contributed by atoms with van der Waals surface area (Å²) in [5, 5.41) is 5.97. The van der Waals surface area contributed by atoms with Crippen molar-refractivity contribution in [2.45, 2.75) is 13.5 Å². The van der Waals surface area contributed by atoms with Gasteiger partial charge in [0, 0.05) is 12.2 Å². The Morgan fingerprint density at radius 1 is 1.25 bits per heavy atom. The highest BCUT2D eigenvalue weighted by molar-refractivity contribution is 6.33. The van der Waals surface area contributed by atoms with E-state index < -0.39 is 0 Å². The van der Waals surface area contributed by atoms with Gasteiger partial charge in [-0.3, -0.25) is 0 Å². The fraction of sp³-hybridized carbons (Fsp3) is 0.133. The Hall–Kier alpha value is -2.20. The average Bonchev–Trinajstić information content (AvgIpc) is 2.44. The third kappa shape index (κ3) is 3.65. The molecule has 0 atom stereocenters. The van der Waals surface area contributed by atoms with Crippen LogP contribution in [0.4, 0.5) is 16.2 Å². The molecule has 2 rings (SSSR count). The number of urea groups is 1. The second-order valence-electron chi connectivity index (χ2n) is 4.48. The minimum atomic E-state index is -0.280. The lowest BCUT2D eigenvalue weighted by atomic mass is 10.2. The summed E-state index contributed by atoms with van der Waals surface area (Å²) in [5.41, 5.74) is 8.74. The highest BCUT2D eigenvalue weighted by atomic mass is 35.5. The lowest BCUT2D eigenvalue weighted by Gasteiger charge is -2.11. The molecular weight excluding hydrogens is 274 g/mol. The number of carbonyl (C=O) groups is 1. The smallest absolute Gasteiger partial charge is 0.319 e. The molecule has 0 heterocycles. The molecule has 5 heteroatoms. The molecule has 0 unspecified atom stereocenters. The topological polar surface area (TPSA) is 67.1 Å². The number of anilines is 2. The molecule has 0 saturated carbocycles. The Kier molecular flexibility index (Phi) is 4.48. The largest absolute Gasteiger partial charge is 0.398 e. The summed E-state index contributed by atoms with van der Waals surface area (Å²) in [6.07, 6.45) is 0. The van der Waals surface area contributed by atoms with Crippen LogP contribution in [0.3, 0.4) is 0 Å². The summed E-state index contributed by atoms with van der Waals surface area (Å²) >= 11 is 5.95.